The van der Waals surface area contributed by atoms with E-state index in [9.17, 15) is 4.79 Å². The lowest BCUT2D eigenvalue weighted by Crippen LogP contribution is -2.30. The third-order valence-electron chi connectivity index (χ3n) is 3.08. The predicted molar refractivity (Wildman–Crippen MR) is 81.6 cm³/mol. The van der Waals surface area contributed by atoms with Gasteiger partial charge in [0.15, 0.2) is 0 Å². The van der Waals surface area contributed by atoms with Crippen LogP contribution in [0.15, 0.2) is 51.5 Å². The van der Waals surface area contributed by atoms with Gasteiger partial charge in [-0.1, -0.05) is 18.2 Å². The molecule has 2 aromatic heterocycles. The Balaban J connectivity index is 1.84. The number of thioether (sulfide) groups is 1. The molecule has 0 spiro atoms. The predicted octanol–water partition coefficient (Wildman–Crippen LogP) is 3.06. The van der Waals surface area contributed by atoms with Gasteiger partial charge in [-0.2, -0.15) is 0 Å². The lowest BCUT2D eigenvalue weighted by atomic mass is 10.1. The molecule has 3 rings (SSSR count). The second-order valence-electron chi connectivity index (χ2n) is 4.44. The lowest BCUT2D eigenvalue weighted by Gasteiger charge is -2.01. The monoisotopic (exact) mass is 302 g/mol. The summed E-state index contributed by atoms with van der Waals surface area (Å²) in [5.41, 5.74) is 3.36. The molecule has 0 fully saturated rings. The number of rotatable bonds is 5. The van der Waals surface area contributed by atoms with Crippen LogP contribution >= 0.6 is 11.8 Å². The van der Waals surface area contributed by atoms with Gasteiger partial charge >= 0.3 is 0 Å². The molecular weight excluding hydrogens is 288 g/mol. The van der Waals surface area contributed by atoms with Crippen molar-refractivity contribution >= 4 is 28.6 Å². The van der Waals surface area contributed by atoms with E-state index >= 15 is 0 Å². The molecule has 1 aromatic carbocycles. The summed E-state index contributed by atoms with van der Waals surface area (Å²) in [4.78, 5) is 12.0. The van der Waals surface area contributed by atoms with E-state index in [4.69, 9.17) is 14.7 Å². The topological polar surface area (TPSA) is 81.4 Å². The SMILES string of the molecule is NNC(=O)c1c(CSCc2ccco2)oc2ccccc12. The minimum Gasteiger partial charge on any atom is -0.468 e. The van der Waals surface area contributed by atoms with Crippen molar-refractivity contribution in [2.75, 3.05) is 0 Å². The first-order valence-electron chi connectivity index (χ1n) is 6.41. The van der Waals surface area contributed by atoms with Crippen LogP contribution in [0, 0.1) is 0 Å². The number of fused-ring (bicyclic) bond motifs is 1. The first-order valence-corrected chi connectivity index (χ1v) is 7.56. The molecule has 0 aliphatic carbocycles. The summed E-state index contributed by atoms with van der Waals surface area (Å²) in [5, 5.41) is 0.772. The van der Waals surface area contributed by atoms with Gasteiger partial charge in [0.1, 0.15) is 17.1 Å². The molecule has 0 saturated carbocycles. The Kier molecular flexibility index (Phi) is 3.98. The van der Waals surface area contributed by atoms with Crippen molar-refractivity contribution in [2.45, 2.75) is 11.5 Å². The van der Waals surface area contributed by atoms with Gasteiger partial charge in [-0.3, -0.25) is 10.2 Å². The Morgan fingerprint density at radius 2 is 2.05 bits per heavy atom. The first-order chi connectivity index (χ1) is 10.3. The molecule has 0 saturated heterocycles. The summed E-state index contributed by atoms with van der Waals surface area (Å²) in [5.74, 6) is 7.72. The summed E-state index contributed by atoms with van der Waals surface area (Å²) < 4.78 is 11.1. The van der Waals surface area contributed by atoms with Crippen molar-refractivity contribution in [1.29, 1.82) is 0 Å². The minimum atomic E-state index is -0.339. The number of carbonyl (C=O) groups excluding carboxylic acids is 1. The molecule has 3 aromatic rings. The molecule has 0 aliphatic rings. The number of hydrogen-bond donors (Lipinski definition) is 2. The number of furan rings is 2. The number of nitrogen functional groups attached to an aromatic ring is 1. The zero-order chi connectivity index (χ0) is 14.7. The molecule has 6 heteroatoms. The number of carbonyl (C=O) groups is 1. The fraction of sp³-hybridized carbons (Fsp3) is 0.133. The summed E-state index contributed by atoms with van der Waals surface area (Å²) in [6, 6.07) is 11.2. The zero-order valence-corrected chi connectivity index (χ0v) is 12.0. The molecule has 0 atom stereocenters. The standard InChI is InChI=1S/C15H14N2O3S/c16-17-15(18)14-11-5-1-2-6-12(11)20-13(14)9-21-8-10-4-3-7-19-10/h1-7H,8-9,16H2,(H,17,18). The van der Waals surface area contributed by atoms with E-state index in [1.807, 2.05) is 36.4 Å². The smallest absolute Gasteiger partial charge is 0.269 e. The van der Waals surface area contributed by atoms with Gasteiger partial charge in [-0.15, -0.1) is 11.8 Å². The molecule has 0 radical (unpaired) electrons. The number of nitrogens with two attached hydrogens (primary N) is 1. The average molecular weight is 302 g/mol. The number of amides is 1. The van der Waals surface area contributed by atoms with Crippen LogP contribution in [-0.4, -0.2) is 5.91 Å². The van der Waals surface area contributed by atoms with E-state index in [0.29, 0.717) is 28.4 Å². The second-order valence-corrected chi connectivity index (χ2v) is 5.43. The number of nitrogens with one attached hydrogen (secondary N) is 1. The Morgan fingerprint density at radius 1 is 1.19 bits per heavy atom. The van der Waals surface area contributed by atoms with Crippen LogP contribution in [-0.2, 0) is 11.5 Å². The highest BCUT2D eigenvalue weighted by Gasteiger charge is 2.19. The van der Waals surface area contributed by atoms with Crippen LogP contribution < -0.4 is 11.3 Å². The van der Waals surface area contributed by atoms with Gasteiger partial charge in [-0.05, 0) is 18.2 Å². The molecule has 0 bridgehead atoms. The maximum absolute atomic E-state index is 12.0. The van der Waals surface area contributed by atoms with E-state index in [2.05, 4.69) is 5.43 Å². The van der Waals surface area contributed by atoms with E-state index in [1.54, 1.807) is 18.0 Å². The van der Waals surface area contributed by atoms with Crippen molar-refractivity contribution in [3.05, 3.63) is 59.7 Å². The largest absolute Gasteiger partial charge is 0.468 e. The van der Waals surface area contributed by atoms with Gasteiger partial charge in [0.05, 0.1) is 23.3 Å². The summed E-state index contributed by atoms with van der Waals surface area (Å²) in [6.07, 6.45) is 1.64. The van der Waals surface area contributed by atoms with Crippen LogP contribution in [0.1, 0.15) is 21.9 Å². The highest BCUT2D eigenvalue weighted by atomic mass is 32.2. The molecular formula is C15H14N2O3S. The number of hydrazine groups is 1. The van der Waals surface area contributed by atoms with Crippen LogP contribution in [0.5, 0.6) is 0 Å². The second kappa shape index (κ2) is 6.07. The normalized spacial score (nSPS) is 10.9. The van der Waals surface area contributed by atoms with Gasteiger partial charge in [-0.25, -0.2) is 5.84 Å². The van der Waals surface area contributed by atoms with Crippen LogP contribution in [0.25, 0.3) is 11.0 Å². The highest BCUT2D eigenvalue weighted by Crippen LogP contribution is 2.29. The molecule has 3 N–H and O–H groups in total. The van der Waals surface area contributed by atoms with Crippen molar-refractivity contribution in [3.8, 4) is 0 Å². The first kappa shape index (κ1) is 13.8. The van der Waals surface area contributed by atoms with Crippen LogP contribution in [0.4, 0.5) is 0 Å². The Morgan fingerprint density at radius 3 is 2.81 bits per heavy atom. The number of para-hydroxylation sites is 1. The maximum atomic E-state index is 12.0. The van der Waals surface area contributed by atoms with Crippen molar-refractivity contribution in [3.63, 3.8) is 0 Å². The Bertz CT molecular complexity index is 749. The molecule has 21 heavy (non-hydrogen) atoms. The third kappa shape index (κ3) is 2.81. The summed E-state index contributed by atoms with van der Waals surface area (Å²) in [7, 11) is 0. The van der Waals surface area contributed by atoms with E-state index < -0.39 is 0 Å². The van der Waals surface area contributed by atoms with Gasteiger partial charge in [0.2, 0.25) is 0 Å². The zero-order valence-electron chi connectivity index (χ0n) is 11.2. The third-order valence-corrected chi connectivity index (χ3v) is 4.04. The Labute approximate surface area is 125 Å². The van der Waals surface area contributed by atoms with Gasteiger partial charge < -0.3 is 8.83 Å². The van der Waals surface area contributed by atoms with Gasteiger partial charge in [0, 0.05) is 5.39 Å². The number of benzene rings is 1. The van der Waals surface area contributed by atoms with Crippen molar-refractivity contribution < 1.29 is 13.6 Å². The van der Waals surface area contributed by atoms with Crippen molar-refractivity contribution in [2.24, 2.45) is 5.84 Å². The molecule has 5 nitrogen and oxygen atoms in total. The maximum Gasteiger partial charge on any atom is 0.269 e. The summed E-state index contributed by atoms with van der Waals surface area (Å²) >= 11 is 1.61. The van der Waals surface area contributed by atoms with E-state index in [0.717, 1.165) is 11.1 Å². The summed E-state index contributed by atoms with van der Waals surface area (Å²) in [6.45, 7) is 0. The van der Waals surface area contributed by atoms with E-state index in [1.165, 1.54) is 0 Å². The van der Waals surface area contributed by atoms with Crippen molar-refractivity contribution in [1.82, 2.24) is 5.43 Å². The van der Waals surface area contributed by atoms with Crippen LogP contribution in [0.2, 0.25) is 0 Å². The minimum absolute atomic E-state index is 0.339. The lowest BCUT2D eigenvalue weighted by molar-refractivity contribution is 0.0953. The average Bonchev–Trinajstić information content (AvgIpc) is 3.13. The fourth-order valence-electron chi connectivity index (χ4n) is 2.16. The molecule has 108 valence electrons. The molecule has 0 unspecified atom stereocenters. The highest BCUT2D eigenvalue weighted by molar-refractivity contribution is 7.97. The molecule has 1 amide bonds. The van der Waals surface area contributed by atoms with Gasteiger partial charge in [0.25, 0.3) is 5.91 Å². The van der Waals surface area contributed by atoms with E-state index in [-0.39, 0.29) is 5.91 Å². The quantitative estimate of drug-likeness (QED) is 0.430. The number of hydrogen-bond acceptors (Lipinski definition) is 5. The fourth-order valence-corrected chi connectivity index (χ4v) is 3.01. The molecule has 2 heterocycles. The Hall–Kier alpha value is -2.18. The van der Waals surface area contributed by atoms with Crippen LogP contribution in [0.3, 0.4) is 0 Å². The molecule has 0 aliphatic heterocycles.